The van der Waals surface area contributed by atoms with Crippen LogP contribution in [0.3, 0.4) is 0 Å². The molecule has 0 bridgehead atoms. The summed E-state index contributed by atoms with van der Waals surface area (Å²) in [5.74, 6) is -0.118. The number of carbonyl (C=O) groups excluding carboxylic acids is 1. The fourth-order valence-electron chi connectivity index (χ4n) is 2.13. The molecule has 2 N–H and O–H groups in total. The van der Waals surface area contributed by atoms with Gasteiger partial charge in [0.1, 0.15) is 6.04 Å². The average Bonchev–Trinajstić information content (AvgIpc) is 2.36. The normalized spacial score (nSPS) is 23.4. The summed E-state index contributed by atoms with van der Waals surface area (Å²) in [5, 5.41) is 0. The second kappa shape index (κ2) is 7.63. The van der Waals surface area contributed by atoms with Crippen molar-refractivity contribution in [3.8, 4) is 0 Å². The van der Waals surface area contributed by atoms with Crippen LogP contribution in [0.15, 0.2) is 0 Å². The first-order valence-corrected chi connectivity index (χ1v) is 6.45. The van der Waals surface area contributed by atoms with Crippen LogP contribution in [0.25, 0.3) is 0 Å². The van der Waals surface area contributed by atoms with E-state index in [1.54, 1.807) is 0 Å². The Balaban J connectivity index is 2.58. The Kier molecular flexibility index (Phi) is 6.47. The quantitative estimate of drug-likeness (QED) is 0.684. The number of hydrogen-bond donors (Lipinski definition) is 1. The van der Waals surface area contributed by atoms with Crippen LogP contribution in [0.2, 0.25) is 0 Å². The summed E-state index contributed by atoms with van der Waals surface area (Å²) in [6.45, 7) is 6.99. The van der Waals surface area contributed by atoms with Gasteiger partial charge in [-0.3, -0.25) is 9.69 Å². The van der Waals surface area contributed by atoms with Gasteiger partial charge in [-0.05, 0) is 13.3 Å². The largest absolute Gasteiger partial charge is 0.465 e. The third-order valence-electron chi connectivity index (χ3n) is 2.99. The molecule has 0 radical (unpaired) electrons. The van der Waals surface area contributed by atoms with Gasteiger partial charge in [0.25, 0.3) is 0 Å². The first kappa shape index (κ1) is 14.4. The van der Waals surface area contributed by atoms with Crippen LogP contribution in [0.1, 0.15) is 26.7 Å². The number of carbonyl (C=O) groups is 1. The zero-order chi connectivity index (χ0) is 12.7. The first-order chi connectivity index (χ1) is 8.22. The van der Waals surface area contributed by atoms with E-state index < -0.39 is 0 Å². The van der Waals surface area contributed by atoms with Gasteiger partial charge < -0.3 is 15.2 Å². The van der Waals surface area contributed by atoms with Crippen LogP contribution < -0.4 is 5.73 Å². The standard InChI is InChI=1S/C12H24N2O3/c1-3-5-11(12(15)16-4-2)14-6-7-17-10(8-13)9-14/h10-11H,3-9,13H2,1-2H3. The van der Waals surface area contributed by atoms with Crippen molar-refractivity contribution in [3.63, 3.8) is 0 Å². The number of hydrogen-bond acceptors (Lipinski definition) is 5. The van der Waals surface area contributed by atoms with Gasteiger partial charge in [-0.2, -0.15) is 0 Å². The fraction of sp³-hybridized carbons (Fsp3) is 0.917. The lowest BCUT2D eigenvalue weighted by Gasteiger charge is -2.36. The number of morpholine rings is 1. The highest BCUT2D eigenvalue weighted by Crippen LogP contribution is 2.14. The van der Waals surface area contributed by atoms with Crippen LogP contribution in [0.5, 0.6) is 0 Å². The van der Waals surface area contributed by atoms with E-state index in [4.69, 9.17) is 15.2 Å². The van der Waals surface area contributed by atoms with E-state index in [1.807, 2.05) is 6.92 Å². The number of nitrogens with zero attached hydrogens (tertiary/aromatic N) is 1. The molecule has 100 valence electrons. The molecular formula is C12H24N2O3. The monoisotopic (exact) mass is 244 g/mol. The Hall–Kier alpha value is -0.650. The molecule has 0 saturated carbocycles. The van der Waals surface area contributed by atoms with Gasteiger partial charge in [0.2, 0.25) is 0 Å². The first-order valence-electron chi connectivity index (χ1n) is 6.45. The summed E-state index contributed by atoms with van der Waals surface area (Å²) in [7, 11) is 0. The predicted octanol–water partition coefficient (Wildman–Crippen LogP) is 0.378. The number of esters is 1. The number of nitrogens with two attached hydrogens (primary N) is 1. The molecule has 0 amide bonds. The van der Waals surface area contributed by atoms with Crippen LogP contribution in [-0.2, 0) is 14.3 Å². The number of ether oxygens (including phenoxy) is 2. The molecule has 5 nitrogen and oxygen atoms in total. The van der Waals surface area contributed by atoms with Crippen LogP contribution in [-0.4, -0.2) is 55.9 Å². The molecule has 2 unspecified atom stereocenters. The summed E-state index contributed by atoms with van der Waals surface area (Å²) >= 11 is 0. The third kappa shape index (κ3) is 4.26. The van der Waals surface area contributed by atoms with Gasteiger partial charge in [-0.25, -0.2) is 0 Å². The van der Waals surface area contributed by atoms with Crippen molar-refractivity contribution in [1.29, 1.82) is 0 Å². The zero-order valence-corrected chi connectivity index (χ0v) is 10.9. The maximum atomic E-state index is 11.9. The Labute approximate surface area is 103 Å². The molecule has 1 aliphatic rings. The maximum Gasteiger partial charge on any atom is 0.323 e. The molecule has 1 fully saturated rings. The van der Waals surface area contributed by atoms with Crippen LogP contribution >= 0.6 is 0 Å². The number of rotatable bonds is 6. The van der Waals surface area contributed by atoms with Crippen molar-refractivity contribution in [2.24, 2.45) is 5.73 Å². The zero-order valence-electron chi connectivity index (χ0n) is 10.9. The second-order valence-electron chi connectivity index (χ2n) is 4.28. The van der Waals surface area contributed by atoms with Gasteiger partial charge in [-0.15, -0.1) is 0 Å². The molecule has 0 aliphatic carbocycles. The van der Waals surface area contributed by atoms with Gasteiger partial charge in [0.05, 0.1) is 19.3 Å². The molecule has 5 heteroatoms. The highest BCUT2D eigenvalue weighted by molar-refractivity contribution is 5.75. The molecule has 1 rings (SSSR count). The van der Waals surface area contributed by atoms with Crippen molar-refractivity contribution in [1.82, 2.24) is 4.90 Å². The van der Waals surface area contributed by atoms with E-state index in [1.165, 1.54) is 0 Å². The SMILES string of the molecule is CCCC(C(=O)OCC)N1CCOC(CN)C1. The van der Waals surface area contributed by atoms with Gasteiger partial charge in [0.15, 0.2) is 0 Å². The lowest BCUT2D eigenvalue weighted by atomic mass is 10.1. The van der Waals surface area contributed by atoms with E-state index in [0.29, 0.717) is 19.8 Å². The molecule has 0 aromatic heterocycles. The van der Waals surface area contributed by atoms with E-state index in [-0.39, 0.29) is 18.1 Å². The Morgan fingerprint density at radius 1 is 1.59 bits per heavy atom. The summed E-state index contributed by atoms with van der Waals surface area (Å²) in [6.07, 6.45) is 1.84. The van der Waals surface area contributed by atoms with Gasteiger partial charge >= 0.3 is 5.97 Å². The minimum atomic E-state index is -0.141. The minimum absolute atomic E-state index is 0.0394. The molecule has 0 spiro atoms. The summed E-state index contributed by atoms with van der Waals surface area (Å²) in [6, 6.07) is -0.141. The van der Waals surface area contributed by atoms with Gasteiger partial charge in [-0.1, -0.05) is 13.3 Å². The van der Waals surface area contributed by atoms with Crippen LogP contribution in [0.4, 0.5) is 0 Å². The highest BCUT2D eigenvalue weighted by atomic mass is 16.5. The van der Waals surface area contributed by atoms with E-state index >= 15 is 0 Å². The van der Waals surface area contributed by atoms with E-state index in [2.05, 4.69) is 11.8 Å². The Morgan fingerprint density at radius 3 is 2.94 bits per heavy atom. The lowest BCUT2D eigenvalue weighted by Crippen LogP contribution is -2.52. The van der Waals surface area contributed by atoms with Crippen molar-refractivity contribution in [3.05, 3.63) is 0 Å². The predicted molar refractivity (Wildman–Crippen MR) is 65.7 cm³/mol. The fourth-order valence-corrected chi connectivity index (χ4v) is 2.13. The molecule has 0 aromatic carbocycles. The molecule has 1 heterocycles. The van der Waals surface area contributed by atoms with Crippen molar-refractivity contribution < 1.29 is 14.3 Å². The third-order valence-corrected chi connectivity index (χ3v) is 2.99. The molecule has 2 atom stereocenters. The van der Waals surface area contributed by atoms with E-state index in [9.17, 15) is 4.79 Å². The van der Waals surface area contributed by atoms with Crippen molar-refractivity contribution >= 4 is 5.97 Å². The summed E-state index contributed by atoms with van der Waals surface area (Å²) < 4.78 is 10.6. The summed E-state index contributed by atoms with van der Waals surface area (Å²) in [5.41, 5.74) is 5.61. The maximum absolute atomic E-state index is 11.9. The van der Waals surface area contributed by atoms with Crippen molar-refractivity contribution in [2.45, 2.75) is 38.8 Å². The Bertz CT molecular complexity index is 236. The molecular weight excluding hydrogens is 220 g/mol. The summed E-state index contributed by atoms with van der Waals surface area (Å²) in [4.78, 5) is 14.0. The smallest absolute Gasteiger partial charge is 0.323 e. The topological polar surface area (TPSA) is 64.8 Å². The molecule has 0 aromatic rings. The average molecular weight is 244 g/mol. The lowest BCUT2D eigenvalue weighted by molar-refractivity contribution is -0.153. The molecule has 17 heavy (non-hydrogen) atoms. The molecule has 1 saturated heterocycles. The molecule has 1 aliphatic heterocycles. The van der Waals surface area contributed by atoms with Gasteiger partial charge in [0, 0.05) is 19.6 Å². The van der Waals surface area contributed by atoms with E-state index in [0.717, 1.165) is 25.9 Å². The highest BCUT2D eigenvalue weighted by Gasteiger charge is 2.30. The second-order valence-corrected chi connectivity index (χ2v) is 4.28. The Morgan fingerprint density at radius 2 is 2.35 bits per heavy atom. The minimum Gasteiger partial charge on any atom is -0.465 e. The van der Waals surface area contributed by atoms with Crippen molar-refractivity contribution in [2.75, 3.05) is 32.8 Å². The van der Waals surface area contributed by atoms with Crippen LogP contribution in [0, 0.1) is 0 Å².